The molecule has 0 unspecified atom stereocenters. The van der Waals surface area contributed by atoms with Gasteiger partial charge in [-0.3, -0.25) is 9.36 Å². The van der Waals surface area contributed by atoms with Crippen LogP contribution in [0, 0.1) is 33.5 Å². The Morgan fingerprint density at radius 3 is 1.70 bits per heavy atom. The van der Waals surface area contributed by atoms with Gasteiger partial charge < -0.3 is 10.6 Å². The van der Waals surface area contributed by atoms with Crippen molar-refractivity contribution >= 4 is 28.7 Å². The normalized spacial score (nSPS) is 10.9. The Labute approximate surface area is 198 Å². The van der Waals surface area contributed by atoms with E-state index in [2.05, 4.69) is 33.0 Å². The van der Waals surface area contributed by atoms with E-state index < -0.39 is 0 Å². The molecule has 2 aromatic carbocycles. The molecule has 8 heteroatoms. The van der Waals surface area contributed by atoms with Crippen molar-refractivity contribution in [1.29, 1.82) is 0 Å². The van der Waals surface area contributed by atoms with Crippen LogP contribution in [0.15, 0.2) is 54.6 Å². The van der Waals surface area contributed by atoms with Gasteiger partial charge in [0, 0.05) is 0 Å². The lowest BCUT2D eigenvalue weighted by molar-refractivity contribution is 0.622. The second-order valence-electron chi connectivity index (χ2n) is 8.10. The van der Waals surface area contributed by atoms with Gasteiger partial charge in [-0.2, -0.15) is 10.2 Å². The molecule has 33 heavy (non-hydrogen) atoms. The fraction of sp³-hybridized carbons (Fsp3) is 0.240. The van der Waals surface area contributed by atoms with Crippen LogP contribution in [-0.4, -0.2) is 24.7 Å². The lowest BCUT2D eigenvalue weighted by Crippen LogP contribution is -2.21. The van der Waals surface area contributed by atoms with Crippen molar-refractivity contribution in [3.63, 3.8) is 0 Å². The zero-order valence-electron chi connectivity index (χ0n) is 19.2. The summed E-state index contributed by atoms with van der Waals surface area (Å²) in [6.45, 7) is 9.18. The predicted molar refractivity (Wildman–Crippen MR) is 134 cm³/mol. The summed E-state index contributed by atoms with van der Waals surface area (Å²) in [5.74, 6) is -0.247. The zero-order valence-corrected chi connectivity index (χ0v) is 20.0. The molecule has 0 saturated heterocycles. The summed E-state index contributed by atoms with van der Waals surface area (Å²) in [6.07, 6.45) is 0. The zero-order chi connectivity index (χ0) is 23.5. The molecule has 0 amide bonds. The summed E-state index contributed by atoms with van der Waals surface area (Å²) in [5.41, 5.74) is 7.62. The van der Waals surface area contributed by atoms with Gasteiger partial charge in [0.1, 0.15) is 5.82 Å². The molecular weight excluding hydrogens is 435 g/mol. The maximum absolute atomic E-state index is 13.2. The van der Waals surface area contributed by atoms with Crippen molar-refractivity contribution in [2.45, 2.75) is 40.8 Å². The molecule has 6 nitrogen and oxygen atoms in total. The van der Waals surface area contributed by atoms with Crippen molar-refractivity contribution < 1.29 is 4.39 Å². The summed E-state index contributed by atoms with van der Waals surface area (Å²) >= 11 is 5.61. The first-order valence-corrected chi connectivity index (χ1v) is 11.2. The Kier molecular flexibility index (Phi) is 6.55. The molecular formula is C25H27FN6S. The number of halogens is 1. The second kappa shape index (κ2) is 9.54. The van der Waals surface area contributed by atoms with Crippen molar-refractivity contribution in [2.24, 2.45) is 0 Å². The van der Waals surface area contributed by atoms with Crippen LogP contribution in [0.25, 0.3) is 0 Å². The number of hydrogen-bond donors (Lipinski definition) is 2. The Morgan fingerprint density at radius 2 is 1.21 bits per heavy atom. The van der Waals surface area contributed by atoms with Crippen molar-refractivity contribution in [3.8, 4) is 0 Å². The molecule has 2 aromatic heterocycles. The van der Waals surface area contributed by atoms with Crippen LogP contribution in [0.4, 0.5) is 15.8 Å². The largest absolute Gasteiger partial charge is 0.329 e. The molecule has 0 radical (unpaired) electrons. The van der Waals surface area contributed by atoms with Crippen LogP contribution < -0.4 is 10.6 Å². The molecule has 0 atom stereocenters. The molecule has 0 aliphatic carbocycles. The number of nitrogens with zero attached hydrogens (tertiary/aromatic N) is 4. The number of hydrogen-bond acceptors (Lipinski definition) is 3. The Bertz CT molecular complexity index is 1270. The fourth-order valence-corrected chi connectivity index (χ4v) is 4.05. The van der Waals surface area contributed by atoms with E-state index in [-0.39, 0.29) is 5.82 Å². The van der Waals surface area contributed by atoms with Gasteiger partial charge in [0.2, 0.25) is 0 Å². The molecule has 4 rings (SSSR count). The van der Waals surface area contributed by atoms with Crippen molar-refractivity contribution in [2.75, 3.05) is 10.6 Å². The molecule has 0 aliphatic rings. The van der Waals surface area contributed by atoms with Gasteiger partial charge in [0.15, 0.2) is 5.11 Å². The smallest absolute Gasteiger partial charge is 0.175 e. The topological polar surface area (TPSA) is 59.7 Å². The first kappa shape index (κ1) is 22.7. The average molecular weight is 463 g/mol. The third-order valence-electron chi connectivity index (χ3n) is 5.66. The highest BCUT2D eigenvalue weighted by atomic mass is 32.1. The highest BCUT2D eigenvalue weighted by Gasteiger charge is 2.16. The van der Waals surface area contributed by atoms with Crippen LogP contribution in [0.5, 0.6) is 0 Å². The van der Waals surface area contributed by atoms with Gasteiger partial charge in [0.25, 0.3) is 0 Å². The number of benzene rings is 2. The molecule has 0 fully saturated rings. The molecule has 2 heterocycles. The standard InChI is InChI=1S/C25H27FN6S/c1-16-23(18(3)31(29-16)14-20-8-6-5-7-9-20)27-25(33)28-24-17(2)30-32(19(24)4)15-21-10-12-22(26)13-11-21/h5-13H,14-15H2,1-4H3,(H2,27,28,33). The van der Waals surface area contributed by atoms with Crippen LogP contribution >= 0.6 is 12.2 Å². The lowest BCUT2D eigenvalue weighted by Gasteiger charge is -2.12. The minimum atomic E-state index is -0.247. The molecule has 0 saturated carbocycles. The van der Waals surface area contributed by atoms with Crippen molar-refractivity contribution in [1.82, 2.24) is 19.6 Å². The van der Waals surface area contributed by atoms with E-state index >= 15 is 0 Å². The maximum atomic E-state index is 13.2. The molecule has 0 aliphatic heterocycles. The first-order valence-electron chi connectivity index (χ1n) is 10.8. The van der Waals surface area contributed by atoms with E-state index in [1.54, 1.807) is 12.1 Å². The third kappa shape index (κ3) is 5.12. The Balaban J connectivity index is 1.47. The molecule has 2 N–H and O–H groups in total. The maximum Gasteiger partial charge on any atom is 0.175 e. The summed E-state index contributed by atoms with van der Waals surface area (Å²) in [5, 5.41) is 16.4. The van der Waals surface area contributed by atoms with Crippen LogP contribution in [0.2, 0.25) is 0 Å². The number of anilines is 2. The van der Waals surface area contributed by atoms with Crippen LogP contribution in [0.1, 0.15) is 33.9 Å². The fourth-order valence-electron chi connectivity index (χ4n) is 3.84. The van der Waals surface area contributed by atoms with E-state index in [0.29, 0.717) is 18.2 Å². The van der Waals surface area contributed by atoms with Gasteiger partial charge in [-0.25, -0.2) is 4.39 Å². The van der Waals surface area contributed by atoms with E-state index in [1.165, 1.54) is 17.7 Å². The lowest BCUT2D eigenvalue weighted by atomic mass is 10.2. The number of thiocarbonyl (C=S) groups is 1. The highest BCUT2D eigenvalue weighted by molar-refractivity contribution is 7.80. The van der Waals surface area contributed by atoms with E-state index in [9.17, 15) is 4.39 Å². The molecule has 0 bridgehead atoms. The van der Waals surface area contributed by atoms with Gasteiger partial charge in [-0.05, 0) is 63.2 Å². The van der Waals surface area contributed by atoms with Gasteiger partial charge in [0.05, 0.1) is 47.2 Å². The third-order valence-corrected chi connectivity index (χ3v) is 5.86. The highest BCUT2D eigenvalue weighted by Crippen LogP contribution is 2.23. The van der Waals surface area contributed by atoms with E-state index in [1.807, 2.05) is 55.3 Å². The van der Waals surface area contributed by atoms with Crippen molar-refractivity contribution in [3.05, 3.63) is 94.3 Å². The quantitative estimate of drug-likeness (QED) is 0.378. The van der Waals surface area contributed by atoms with E-state index in [4.69, 9.17) is 12.2 Å². The average Bonchev–Trinajstić information content (AvgIpc) is 3.20. The number of aromatic nitrogens is 4. The number of aryl methyl sites for hydroxylation is 2. The van der Waals surface area contributed by atoms with Gasteiger partial charge in [-0.15, -0.1) is 0 Å². The summed E-state index contributed by atoms with van der Waals surface area (Å²) in [4.78, 5) is 0. The number of nitrogens with one attached hydrogen (secondary N) is 2. The summed E-state index contributed by atoms with van der Waals surface area (Å²) in [7, 11) is 0. The SMILES string of the molecule is Cc1nn(Cc2ccccc2)c(C)c1NC(=S)Nc1c(C)nn(Cc2ccc(F)cc2)c1C. The Morgan fingerprint density at radius 1 is 0.758 bits per heavy atom. The summed E-state index contributed by atoms with van der Waals surface area (Å²) in [6, 6.07) is 16.7. The second-order valence-corrected chi connectivity index (χ2v) is 8.51. The molecule has 0 spiro atoms. The number of rotatable bonds is 6. The van der Waals surface area contributed by atoms with E-state index in [0.717, 1.165) is 39.7 Å². The Hall–Kier alpha value is -3.52. The predicted octanol–water partition coefficient (Wildman–Crippen LogP) is 5.36. The van der Waals surface area contributed by atoms with Crippen LogP contribution in [0.3, 0.4) is 0 Å². The summed E-state index contributed by atoms with van der Waals surface area (Å²) < 4.78 is 17.1. The first-order chi connectivity index (χ1) is 15.8. The van der Waals surface area contributed by atoms with Gasteiger partial charge >= 0.3 is 0 Å². The van der Waals surface area contributed by atoms with Crippen LogP contribution in [-0.2, 0) is 13.1 Å². The minimum absolute atomic E-state index is 0.247. The molecule has 4 aromatic rings. The molecule has 170 valence electrons. The minimum Gasteiger partial charge on any atom is -0.329 e. The monoisotopic (exact) mass is 462 g/mol. The van der Waals surface area contributed by atoms with Gasteiger partial charge in [-0.1, -0.05) is 42.5 Å².